The SMILES string of the molecule is CCOC(=O)c1ccc(N(C/C=C(\C)CCC=C(C)C)C(C)=O)cc1N(C)C(=O)COc1ccc(OC)cc1. The number of hydrogen-bond acceptors (Lipinski definition) is 6. The number of anilines is 2. The molecule has 0 heterocycles. The smallest absolute Gasteiger partial charge is 0.340 e. The van der Waals surface area contributed by atoms with Gasteiger partial charge in [0, 0.05) is 26.2 Å². The molecular formula is C31H40N2O6. The van der Waals surface area contributed by atoms with Crippen LogP contribution in [0.1, 0.15) is 57.8 Å². The molecule has 0 N–H and O–H groups in total. The number of rotatable bonds is 13. The van der Waals surface area contributed by atoms with Crippen LogP contribution in [0.5, 0.6) is 11.5 Å². The third kappa shape index (κ3) is 9.63. The molecule has 2 aromatic rings. The minimum absolute atomic E-state index is 0.157. The maximum absolute atomic E-state index is 13.1. The first-order valence-corrected chi connectivity index (χ1v) is 13.0. The summed E-state index contributed by atoms with van der Waals surface area (Å²) in [4.78, 5) is 41.3. The zero-order valence-corrected chi connectivity index (χ0v) is 24.1. The molecule has 8 nitrogen and oxygen atoms in total. The number of carbonyl (C=O) groups is 3. The van der Waals surface area contributed by atoms with Crippen molar-refractivity contribution in [2.45, 2.75) is 47.5 Å². The number of ether oxygens (including phenoxy) is 3. The Bertz CT molecular complexity index is 1200. The van der Waals surface area contributed by atoms with Gasteiger partial charge in [-0.05, 0) is 83.0 Å². The zero-order valence-electron chi connectivity index (χ0n) is 24.1. The van der Waals surface area contributed by atoms with E-state index < -0.39 is 5.97 Å². The lowest BCUT2D eigenvalue weighted by molar-refractivity contribution is -0.120. The summed E-state index contributed by atoms with van der Waals surface area (Å²) in [6, 6.07) is 11.8. The summed E-state index contributed by atoms with van der Waals surface area (Å²) >= 11 is 0. The second-order valence-corrected chi connectivity index (χ2v) is 9.34. The summed E-state index contributed by atoms with van der Waals surface area (Å²) in [6.07, 6.45) is 6.05. The van der Waals surface area contributed by atoms with Gasteiger partial charge in [-0.15, -0.1) is 0 Å². The second-order valence-electron chi connectivity index (χ2n) is 9.34. The number of likely N-dealkylation sites (N-methyl/N-ethyl adjacent to an activating group) is 1. The molecule has 8 heteroatoms. The molecule has 0 aliphatic carbocycles. The second kappa shape index (κ2) is 15.4. The van der Waals surface area contributed by atoms with E-state index in [1.54, 1.807) is 68.4 Å². The van der Waals surface area contributed by atoms with Gasteiger partial charge in [0.05, 0.1) is 25.0 Å². The van der Waals surface area contributed by atoms with Crippen molar-refractivity contribution in [2.75, 3.05) is 43.7 Å². The first kappa shape index (κ1) is 31.1. The number of carbonyl (C=O) groups excluding carboxylic acids is 3. The molecule has 0 atom stereocenters. The average molecular weight is 537 g/mol. The Morgan fingerprint density at radius 1 is 0.923 bits per heavy atom. The zero-order chi connectivity index (χ0) is 28.9. The van der Waals surface area contributed by atoms with Crippen LogP contribution in [0.25, 0.3) is 0 Å². The Kier molecular flexibility index (Phi) is 12.3. The van der Waals surface area contributed by atoms with Gasteiger partial charge in [-0.2, -0.15) is 0 Å². The van der Waals surface area contributed by atoms with Crippen molar-refractivity contribution in [3.63, 3.8) is 0 Å². The third-order valence-corrected chi connectivity index (χ3v) is 6.04. The van der Waals surface area contributed by atoms with Gasteiger partial charge in [0.25, 0.3) is 5.91 Å². The summed E-state index contributed by atoms with van der Waals surface area (Å²) in [5.41, 5.74) is 3.55. The lowest BCUT2D eigenvalue weighted by Crippen LogP contribution is -2.33. The first-order chi connectivity index (χ1) is 18.6. The number of methoxy groups -OCH3 is 1. The lowest BCUT2D eigenvalue weighted by atomic mass is 10.1. The Morgan fingerprint density at radius 3 is 2.18 bits per heavy atom. The van der Waals surface area contributed by atoms with Crippen LogP contribution in [0.2, 0.25) is 0 Å². The Morgan fingerprint density at radius 2 is 1.59 bits per heavy atom. The van der Waals surface area contributed by atoms with Crippen molar-refractivity contribution in [1.29, 1.82) is 0 Å². The fourth-order valence-electron chi connectivity index (χ4n) is 3.75. The fraction of sp³-hybridized carbons (Fsp3) is 0.387. The minimum Gasteiger partial charge on any atom is -0.497 e. The van der Waals surface area contributed by atoms with Crippen LogP contribution >= 0.6 is 0 Å². The van der Waals surface area contributed by atoms with E-state index in [2.05, 4.69) is 19.9 Å². The number of amides is 2. The lowest BCUT2D eigenvalue weighted by Gasteiger charge is -2.25. The molecule has 0 aliphatic heterocycles. The standard InChI is InChI=1S/C31H40N2O6/c1-8-38-31(36)28-17-12-25(33(24(5)34)19-18-23(4)11-9-10-22(2)3)20-29(28)32(6)30(35)21-39-27-15-13-26(37-7)14-16-27/h10,12-18,20H,8-9,11,19,21H2,1-7H3/b23-18+. The molecule has 0 unspecified atom stereocenters. The van der Waals surface area contributed by atoms with Crippen LogP contribution in [0.3, 0.4) is 0 Å². The van der Waals surface area contributed by atoms with E-state index in [4.69, 9.17) is 14.2 Å². The quantitative estimate of drug-likeness (QED) is 0.232. The minimum atomic E-state index is -0.556. The number of benzene rings is 2. The molecule has 0 fully saturated rings. The highest BCUT2D eigenvalue weighted by Gasteiger charge is 2.23. The fourth-order valence-corrected chi connectivity index (χ4v) is 3.75. The molecular weight excluding hydrogens is 496 g/mol. The normalized spacial score (nSPS) is 10.9. The highest BCUT2D eigenvalue weighted by molar-refractivity contribution is 6.04. The van der Waals surface area contributed by atoms with Crippen molar-refractivity contribution in [3.8, 4) is 11.5 Å². The highest BCUT2D eigenvalue weighted by atomic mass is 16.5. The van der Waals surface area contributed by atoms with Gasteiger partial charge in [0.15, 0.2) is 6.61 Å². The molecule has 0 bridgehead atoms. The molecule has 210 valence electrons. The molecule has 0 aliphatic rings. The Balaban J connectivity index is 2.30. The van der Waals surface area contributed by atoms with Crippen LogP contribution < -0.4 is 19.3 Å². The summed E-state index contributed by atoms with van der Waals surface area (Å²) in [7, 11) is 3.13. The van der Waals surface area contributed by atoms with Crippen LogP contribution in [0.15, 0.2) is 65.8 Å². The van der Waals surface area contributed by atoms with Crippen LogP contribution in [-0.2, 0) is 14.3 Å². The summed E-state index contributed by atoms with van der Waals surface area (Å²) < 4.78 is 16.0. The summed E-state index contributed by atoms with van der Waals surface area (Å²) in [5.74, 6) is 0.0909. The Labute approximate surface area is 231 Å². The highest BCUT2D eigenvalue weighted by Crippen LogP contribution is 2.28. The topological polar surface area (TPSA) is 85.4 Å². The number of hydrogen-bond donors (Lipinski definition) is 0. The van der Waals surface area contributed by atoms with E-state index in [0.29, 0.717) is 29.4 Å². The van der Waals surface area contributed by atoms with Gasteiger partial charge in [0.1, 0.15) is 11.5 Å². The summed E-state index contributed by atoms with van der Waals surface area (Å²) in [6.45, 7) is 9.69. The molecule has 0 saturated carbocycles. The van der Waals surface area contributed by atoms with Gasteiger partial charge in [-0.3, -0.25) is 9.59 Å². The largest absolute Gasteiger partial charge is 0.497 e. The predicted octanol–water partition coefficient (Wildman–Crippen LogP) is 5.96. The average Bonchev–Trinajstić information content (AvgIpc) is 2.91. The maximum atomic E-state index is 13.1. The molecule has 2 aromatic carbocycles. The van der Waals surface area contributed by atoms with E-state index in [-0.39, 0.29) is 30.6 Å². The molecule has 0 spiro atoms. The maximum Gasteiger partial charge on any atom is 0.340 e. The van der Waals surface area contributed by atoms with E-state index in [9.17, 15) is 14.4 Å². The number of nitrogens with zero attached hydrogens (tertiary/aromatic N) is 2. The van der Waals surface area contributed by atoms with Crippen LogP contribution in [0, 0.1) is 0 Å². The van der Waals surface area contributed by atoms with Crippen molar-refractivity contribution in [1.82, 2.24) is 0 Å². The third-order valence-electron chi connectivity index (χ3n) is 6.04. The van der Waals surface area contributed by atoms with E-state index in [1.165, 1.54) is 23.0 Å². The molecule has 0 saturated heterocycles. The van der Waals surface area contributed by atoms with Crippen molar-refractivity contribution in [3.05, 3.63) is 71.3 Å². The van der Waals surface area contributed by atoms with E-state index in [0.717, 1.165) is 12.8 Å². The molecule has 0 radical (unpaired) electrons. The molecule has 2 amide bonds. The van der Waals surface area contributed by atoms with Gasteiger partial charge >= 0.3 is 5.97 Å². The van der Waals surface area contributed by atoms with Crippen molar-refractivity contribution >= 4 is 29.2 Å². The van der Waals surface area contributed by atoms with Gasteiger partial charge < -0.3 is 24.0 Å². The van der Waals surface area contributed by atoms with Gasteiger partial charge in [-0.25, -0.2) is 4.79 Å². The first-order valence-electron chi connectivity index (χ1n) is 13.0. The van der Waals surface area contributed by atoms with Gasteiger partial charge in [-0.1, -0.05) is 23.3 Å². The Hall–Kier alpha value is -4.07. The van der Waals surface area contributed by atoms with E-state index in [1.807, 2.05) is 13.0 Å². The van der Waals surface area contributed by atoms with Gasteiger partial charge in [0.2, 0.25) is 5.91 Å². The van der Waals surface area contributed by atoms with Crippen molar-refractivity contribution < 1.29 is 28.6 Å². The van der Waals surface area contributed by atoms with Crippen LogP contribution in [-0.4, -0.2) is 51.7 Å². The number of allylic oxidation sites excluding steroid dienone is 3. The van der Waals surface area contributed by atoms with Crippen molar-refractivity contribution in [2.24, 2.45) is 0 Å². The molecule has 39 heavy (non-hydrogen) atoms. The molecule has 0 aromatic heterocycles. The predicted molar refractivity (Wildman–Crippen MR) is 155 cm³/mol. The summed E-state index contributed by atoms with van der Waals surface area (Å²) in [5, 5.41) is 0. The monoisotopic (exact) mass is 536 g/mol. The van der Waals surface area contributed by atoms with Crippen LogP contribution in [0.4, 0.5) is 11.4 Å². The number of esters is 1. The molecule has 2 rings (SSSR count). The van der Waals surface area contributed by atoms with E-state index >= 15 is 0 Å².